The first-order chi connectivity index (χ1) is 13.4. The quantitative estimate of drug-likeness (QED) is 0.707. The lowest BCUT2D eigenvalue weighted by Gasteiger charge is -2.24. The van der Waals surface area contributed by atoms with Gasteiger partial charge in [0.25, 0.3) is 5.56 Å². The van der Waals surface area contributed by atoms with E-state index in [4.69, 9.17) is 16.3 Å². The molecule has 0 amide bonds. The maximum absolute atomic E-state index is 12.7. The smallest absolute Gasteiger partial charge is 0.350 e. The maximum Gasteiger partial charge on any atom is 0.350 e. The first-order valence-electron chi connectivity index (χ1n) is 9.99. The Labute approximate surface area is 163 Å². The summed E-state index contributed by atoms with van der Waals surface area (Å²) >= 11 is 0. The van der Waals surface area contributed by atoms with E-state index in [-0.39, 0.29) is 12.1 Å². The third kappa shape index (κ3) is 3.10. The summed E-state index contributed by atoms with van der Waals surface area (Å²) in [7, 11) is 1.70. The minimum atomic E-state index is -0.438. The second-order valence-corrected chi connectivity index (χ2v) is 8.10. The van der Waals surface area contributed by atoms with Crippen LogP contribution in [0.1, 0.15) is 37.3 Å². The summed E-state index contributed by atoms with van der Waals surface area (Å²) in [5.41, 5.74) is 8.24. The number of fused-ring (bicyclic) bond motifs is 1. The molecule has 8 heteroatoms. The van der Waals surface area contributed by atoms with Crippen LogP contribution in [0.15, 0.2) is 21.7 Å². The van der Waals surface area contributed by atoms with Crippen LogP contribution >= 0.6 is 0 Å². The molecule has 1 aromatic heterocycles. The van der Waals surface area contributed by atoms with Crippen molar-refractivity contribution in [2.24, 2.45) is 11.7 Å². The number of hydrogen-bond acceptors (Lipinski definition) is 6. The lowest BCUT2D eigenvalue weighted by Crippen LogP contribution is -2.44. The third-order valence-corrected chi connectivity index (χ3v) is 6.24. The normalized spacial score (nSPS) is 20.8. The fourth-order valence-corrected chi connectivity index (χ4v) is 4.46. The van der Waals surface area contributed by atoms with Crippen molar-refractivity contribution in [3.8, 4) is 0 Å². The van der Waals surface area contributed by atoms with E-state index < -0.39 is 11.2 Å². The molecule has 1 aromatic carbocycles. The zero-order chi connectivity index (χ0) is 20.0. The van der Waals surface area contributed by atoms with Crippen LogP contribution in [-0.2, 0) is 4.74 Å². The SMILES string of the molecule is COCC[C@H](N)[C@@H]1CCN(c2ccc3c(=O)n(N)c(=O)n(C4CC4)c3c2C)C1. The third-order valence-electron chi connectivity index (χ3n) is 6.24. The van der Waals surface area contributed by atoms with Crippen molar-refractivity contribution in [2.75, 3.05) is 37.5 Å². The van der Waals surface area contributed by atoms with Crippen molar-refractivity contribution in [1.29, 1.82) is 0 Å². The summed E-state index contributed by atoms with van der Waals surface area (Å²) in [6.45, 7) is 4.46. The lowest BCUT2D eigenvalue weighted by molar-refractivity contribution is 0.180. The molecule has 1 saturated carbocycles. The highest BCUT2D eigenvalue weighted by atomic mass is 16.5. The molecule has 8 nitrogen and oxygen atoms in total. The molecule has 2 aliphatic rings. The minimum absolute atomic E-state index is 0.111. The van der Waals surface area contributed by atoms with E-state index >= 15 is 0 Å². The number of methoxy groups -OCH3 is 1. The van der Waals surface area contributed by atoms with Gasteiger partial charge in [-0.05, 0) is 56.2 Å². The Balaban J connectivity index is 1.73. The lowest BCUT2D eigenvalue weighted by atomic mass is 9.97. The van der Waals surface area contributed by atoms with Gasteiger partial charge in [0.2, 0.25) is 0 Å². The molecule has 1 saturated heterocycles. The van der Waals surface area contributed by atoms with E-state index in [1.165, 1.54) is 0 Å². The Morgan fingerprint density at radius 1 is 1.25 bits per heavy atom. The molecule has 2 atom stereocenters. The number of nitrogens with zero attached hydrogens (tertiary/aromatic N) is 3. The minimum Gasteiger partial charge on any atom is -0.385 e. The van der Waals surface area contributed by atoms with Gasteiger partial charge in [-0.15, -0.1) is 0 Å². The van der Waals surface area contributed by atoms with Crippen molar-refractivity contribution in [2.45, 2.75) is 44.7 Å². The average molecular weight is 387 g/mol. The largest absolute Gasteiger partial charge is 0.385 e. The highest BCUT2D eigenvalue weighted by molar-refractivity contribution is 5.87. The Morgan fingerprint density at radius 2 is 2.00 bits per heavy atom. The molecule has 2 aromatic rings. The monoisotopic (exact) mass is 387 g/mol. The molecule has 0 spiro atoms. The van der Waals surface area contributed by atoms with E-state index in [9.17, 15) is 9.59 Å². The number of hydrogen-bond donors (Lipinski definition) is 2. The molecule has 0 bridgehead atoms. The van der Waals surface area contributed by atoms with E-state index in [2.05, 4.69) is 4.90 Å². The molecule has 152 valence electrons. The van der Waals surface area contributed by atoms with Gasteiger partial charge in [-0.25, -0.2) is 4.79 Å². The van der Waals surface area contributed by atoms with Crippen LogP contribution in [0.5, 0.6) is 0 Å². The van der Waals surface area contributed by atoms with E-state index in [0.29, 0.717) is 17.9 Å². The summed E-state index contributed by atoms with van der Waals surface area (Å²) in [5.74, 6) is 6.16. The zero-order valence-electron chi connectivity index (χ0n) is 16.6. The Hall–Kier alpha value is -2.32. The molecular weight excluding hydrogens is 358 g/mol. The van der Waals surface area contributed by atoms with Crippen LogP contribution in [0.3, 0.4) is 0 Å². The van der Waals surface area contributed by atoms with Crippen LogP contribution in [0.2, 0.25) is 0 Å². The second kappa shape index (κ2) is 7.25. The van der Waals surface area contributed by atoms with Crippen LogP contribution < -0.4 is 27.7 Å². The first kappa shape index (κ1) is 19.0. The molecule has 2 heterocycles. The predicted octanol–water partition coefficient (Wildman–Crippen LogP) is 0.710. The van der Waals surface area contributed by atoms with Gasteiger partial charge < -0.3 is 21.2 Å². The van der Waals surface area contributed by atoms with Gasteiger partial charge >= 0.3 is 5.69 Å². The molecule has 0 radical (unpaired) electrons. The van der Waals surface area contributed by atoms with Crippen molar-refractivity contribution < 1.29 is 4.74 Å². The standard InChI is InChI=1S/C20H29N5O3/c1-12-17(23-9-7-13(11-23)16(21)8-10-28-2)6-5-15-18(12)24(14-3-4-14)20(27)25(22)19(15)26/h5-6,13-14,16H,3-4,7-11,21-22H2,1-2H3/t13-,16+/m1/s1. The molecule has 4 N–H and O–H groups in total. The molecule has 28 heavy (non-hydrogen) atoms. The highest BCUT2D eigenvalue weighted by Crippen LogP contribution is 2.38. The van der Waals surface area contributed by atoms with Crippen molar-refractivity contribution in [1.82, 2.24) is 9.24 Å². The number of nitrogen functional groups attached to an aromatic ring is 1. The topological polar surface area (TPSA) is 109 Å². The summed E-state index contributed by atoms with van der Waals surface area (Å²) < 4.78 is 7.61. The predicted molar refractivity (Wildman–Crippen MR) is 110 cm³/mol. The summed E-state index contributed by atoms with van der Waals surface area (Å²) in [6, 6.07) is 4.02. The molecule has 4 rings (SSSR count). The fraction of sp³-hybridized carbons (Fsp3) is 0.600. The molecule has 0 unspecified atom stereocenters. The maximum atomic E-state index is 12.7. The summed E-state index contributed by atoms with van der Waals surface area (Å²) in [5, 5.41) is 0.503. The number of nitrogens with two attached hydrogens (primary N) is 2. The Bertz CT molecular complexity index is 1010. The Kier molecular flexibility index (Phi) is 4.93. The van der Waals surface area contributed by atoms with Gasteiger partial charge in [-0.3, -0.25) is 9.36 Å². The number of benzene rings is 1. The molecular formula is C20H29N5O3. The van der Waals surface area contributed by atoms with Gasteiger partial charge in [-0.2, -0.15) is 4.68 Å². The average Bonchev–Trinajstić information content (AvgIpc) is 3.40. The van der Waals surface area contributed by atoms with Crippen LogP contribution in [0.4, 0.5) is 5.69 Å². The molecule has 1 aliphatic heterocycles. The van der Waals surface area contributed by atoms with E-state index in [0.717, 1.165) is 60.2 Å². The highest BCUT2D eigenvalue weighted by Gasteiger charge is 2.31. The number of aromatic nitrogens is 2. The van der Waals surface area contributed by atoms with Gasteiger partial charge in [0.1, 0.15) is 0 Å². The Morgan fingerprint density at radius 3 is 2.68 bits per heavy atom. The van der Waals surface area contributed by atoms with Crippen LogP contribution in [-0.4, -0.2) is 42.1 Å². The summed E-state index contributed by atoms with van der Waals surface area (Å²) in [4.78, 5) is 27.5. The number of anilines is 1. The van der Waals surface area contributed by atoms with Crippen molar-refractivity contribution in [3.63, 3.8) is 0 Å². The van der Waals surface area contributed by atoms with Gasteiger partial charge in [0.05, 0.1) is 10.9 Å². The fourth-order valence-electron chi connectivity index (χ4n) is 4.46. The van der Waals surface area contributed by atoms with Gasteiger partial charge in [-0.1, -0.05) is 0 Å². The van der Waals surface area contributed by atoms with Crippen molar-refractivity contribution >= 4 is 16.6 Å². The van der Waals surface area contributed by atoms with E-state index in [1.54, 1.807) is 17.7 Å². The molecule has 2 fully saturated rings. The van der Waals surface area contributed by atoms with Crippen LogP contribution in [0, 0.1) is 12.8 Å². The molecule has 1 aliphatic carbocycles. The zero-order valence-corrected chi connectivity index (χ0v) is 16.6. The first-order valence-corrected chi connectivity index (χ1v) is 9.99. The van der Waals surface area contributed by atoms with Crippen molar-refractivity contribution in [3.05, 3.63) is 38.5 Å². The van der Waals surface area contributed by atoms with E-state index in [1.807, 2.05) is 13.0 Å². The second-order valence-electron chi connectivity index (χ2n) is 8.10. The van der Waals surface area contributed by atoms with Gasteiger partial charge in [0, 0.05) is 44.6 Å². The summed E-state index contributed by atoms with van der Waals surface area (Å²) in [6.07, 6.45) is 3.76. The number of aryl methyl sites for hydroxylation is 1. The van der Waals surface area contributed by atoms with Gasteiger partial charge in [0.15, 0.2) is 0 Å². The number of rotatable bonds is 6. The number of ether oxygens (including phenoxy) is 1. The van der Waals surface area contributed by atoms with Crippen LogP contribution in [0.25, 0.3) is 10.9 Å².